The topological polar surface area (TPSA) is 12.9 Å². The zero-order valence-corrected chi connectivity index (χ0v) is 17.8. The molecular formula is C26H27NS. The maximum absolute atomic E-state index is 5.16. The Labute approximate surface area is 172 Å². The van der Waals surface area contributed by atoms with Gasteiger partial charge in [0.15, 0.2) is 0 Å². The second-order valence-corrected chi connectivity index (χ2v) is 9.38. The smallest absolute Gasteiger partial charge is 0.120 e. The molecule has 1 heterocycles. The van der Waals surface area contributed by atoms with Crippen molar-refractivity contribution < 1.29 is 0 Å². The van der Waals surface area contributed by atoms with Crippen LogP contribution in [0.4, 0.5) is 0 Å². The minimum atomic E-state index is 0.344. The average Bonchev–Trinajstić information content (AvgIpc) is 3.07. The van der Waals surface area contributed by atoms with Crippen molar-refractivity contribution in [2.75, 3.05) is 0 Å². The highest BCUT2D eigenvalue weighted by Crippen LogP contribution is 2.54. The fourth-order valence-electron chi connectivity index (χ4n) is 4.94. The van der Waals surface area contributed by atoms with Crippen molar-refractivity contribution in [1.82, 2.24) is 4.98 Å². The van der Waals surface area contributed by atoms with E-state index in [-0.39, 0.29) is 0 Å². The highest BCUT2D eigenvalue weighted by Gasteiger charge is 2.42. The van der Waals surface area contributed by atoms with Gasteiger partial charge in [-0.1, -0.05) is 66.2 Å². The Balaban J connectivity index is 1.51. The number of aromatic nitrogens is 1. The van der Waals surface area contributed by atoms with E-state index in [0.717, 1.165) is 30.0 Å². The van der Waals surface area contributed by atoms with Gasteiger partial charge in [-0.15, -0.1) is 11.3 Å². The Kier molecular flexibility index (Phi) is 4.28. The first-order chi connectivity index (χ1) is 13.6. The standard InChI is InChI=1S/C26H27NS/c1-5-17-10-19-12-21(19)22(11-17)26-27-24(14-28-26)23-13-20(15(2)3)16(4)25(23)18-8-6-7-9-18/h6-8,10-11,13-14,19,21,25H,2,5,9,12H2,1,3-4H3. The van der Waals surface area contributed by atoms with E-state index in [2.05, 4.69) is 69.2 Å². The summed E-state index contributed by atoms with van der Waals surface area (Å²) >= 11 is 1.82. The summed E-state index contributed by atoms with van der Waals surface area (Å²) < 4.78 is 0. The van der Waals surface area contributed by atoms with Gasteiger partial charge in [0, 0.05) is 11.3 Å². The van der Waals surface area contributed by atoms with E-state index in [4.69, 9.17) is 4.98 Å². The molecule has 142 valence electrons. The molecule has 1 saturated carbocycles. The molecule has 1 nitrogen and oxygen atoms in total. The van der Waals surface area contributed by atoms with Crippen molar-refractivity contribution in [2.24, 2.45) is 17.8 Å². The molecule has 0 aromatic carbocycles. The molecule has 2 heteroatoms. The molecule has 5 rings (SSSR count). The van der Waals surface area contributed by atoms with Gasteiger partial charge in [-0.05, 0) is 67.7 Å². The van der Waals surface area contributed by atoms with E-state index < -0.39 is 0 Å². The van der Waals surface area contributed by atoms with E-state index in [1.807, 2.05) is 11.3 Å². The Morgan fingerprint density at radius 3 is 2.86 bits per heavy atom. The number of rotatable bonds is 5. The van der Waals surface area contributed by atoms with E-state index in [0.29, 0.717) is 11.8 Å². The van der Waals surface area contributed by atoms with Crippen LogP contribution in [0.25, 0.3) is 11.1 Å². The largest absolute Gasteiger partial charge is 0.237 e. The predicted molar refractivity (Wildman–Crippen MR) is 121 cm³/mol. The zero-order chi connectivity index (χ0) is 19.4. The number of thiazole rings is 1. The highest BCUT2D eigenvalue weighted by atomic mass is 32.1. The van der Waals surface area contributed by atoms with Crippen molar-refractivity contribution >= 4 is 22.5 Å². The summed E-state index contributed by atoms with van der Waals surface area (Å²) in [5.41, 5.74) is 10.8. The first-order valence-corrected chi connectivity index (χ1v) is 11.3. The number of hydrogen-bond donors (Lipinski definition) is 0. The monoisotopic (exact) mass is 385 g/mol. The van der Waals surface area contributed by atoms with Crippen LogP contribution in [0, 0.1) is 17.8 Å². The highest BCUT2D eigenvalue weighted by molar-refractivity contribution is 7.10. The van der Waals surface area contributed by atoms with Crippen molar-refractivity contribution in [3.05, 3.63) is 87.0 Å². The van der Waals surface area contributed by atoms with Crippen LogP contribution in [-0.2, 0) is 0 Å². The SMILES string of the molecule is C=C(C)C1=C(C)C(C2=CC=CC2)C(c2csc(C3=CC(CC)=CC4CC34)n2)=C1. The molecule has 4 aliphatic rings. The lowest BCUT2D eigenvalue weighted by atomic mass is 9.86. The van der Waals surface area contributed by atoms with Crippen LogP contribution < -0.4 is 0 Å². The van der Waals surface area contributed by atoms with Gasteiger partial charge in [0.05, 0.1) is 5.69 Å². The molecule has 28 heavy (non-hydrogen) atoms. The summed E-state index contributed by atoms with van der Waals surface area (Å²) in [6, 6.07) is 0. The van der Waals surface area contributed by atoms with Crippen molar-refractivity contribution in [3.8, 4) is 0 Å². The molecule has 0 N–H and O–H groups in total. The molecule has 0 amide bonds. The second-order valence-electron chi connectivity index (χ2n) is 8.52. The number of fused-ring (bicyclic) bond motifs is 1. The van der Waals surface area contributed by atoms with Crippen LogP contribution >= 0.6 is 11.3 Å². The lowest BCUT2D eigenvalue weighted by molar-refractivity contribution is 0.891. The molecule has 3 unspecified atom stereocenters. The van der Waals surface area contributed by atoms with Crippen LogP contribution in [0.15, 0.2) is 76.3 Å². The second kappa shape index (κ2) is 6.70. The van der Waals surface area contributed by atoms with Gasteiger partial charge in [-0.3, -0.25) is 0 Å². The normalized spacial score (nSPS) is 28.0. The fourth-order valence-corrected chi connectivity index (χ4v) is 5.85. The quantitative estimate of drug-likeness (QED) is 0.518. The summed E-state index contributed by atoms with van der Waals surface area (Å²) in [6.45, 7) is 10.8. The van der Waals surface area contributed by atoms with E-state index in [1.165, 1.54) is 44.9 Å². The van der Waals surface area contributed by atoms with E-state index in [9.17, 15) is 0 Å². The molecule has 0 aliphatic heterocycles. The molecule has 0 radical (unpaired) electrons. The van der Waals surface area contributed by atoms with Gasteiger partial charge in [0.1, 0.15) is 5.01 Å². The van der Waals surface area contributed by atoms with E-state index in [1.54, 1.807) is 0 Å². The van der Waals surface area contributed by atoms with Crippen molar-refractivity contribution in [1.29, 1.82) is 0 Å². The van der Waals surface area contributed by atoms with Gasteiger partial charge in [-0.25, -0.2) is 4.98 Å². The van der Waals surface area contributed by atoms with Crippen LogP contribution in [0.3, 0.4) is 0 Å². The molecule has 0 spiro atoms. The van der Waals surface area contributed by atoms with Gasteiger partial charge in [-0.2, -0.15) is 0 Å². The van der Waals surface area contributed by atoms with Crippen LogP contribution in [-0.4, -0.2) is 4.98 Å². The van der Waals surface area contributed by atoms with Crippen molar-refractivity contribution in [3.63, 3.8) is 0 Å². The maximum Gasteiger partial charge on any atom is 0.120 e. The Morgan fingerprint density at radius 2 is 2.14 bits per heavy atom. The Bertz CT molecular complexity index is 1050. The Hall–Kier alpha value is -2.19. The summed E-state index contributed by atoms with van der Waals surface area (Å²) in [5.74, 6) is 1.81. The lowest BCUT2D eigenvalue weighted by Crippen LogP contribution is -2.06. The summed E-state index contributed by atoms with van der Waals surface area (Å²) in [7, 11) is 0. The van der Waals surface area contributed by atoms with Gasteiger partial charge in [0.2, 0.25) is 0 Å². The molecule has 4 aliphatic carbocycles. The van der Waals surface area contributed by atoms with Crippen molar-refractivity contribution in [2.45, 2.75) is 40.0 Å². The van der Waals surface area contributed by atoms with Crippen LogP contribution in [0.5, 0.6) is 0 Å². The summed E-state index contributed by atoms with van der Waals surface area (Å²) in [4.78, 5) is 5.16. The van der Waals surface area contributed by atoms with Gasteiger partial charge < -0.3 is 0 Å². The molecule has 0 bridgehead atoms. The van der Waals surface area contributed by atoms with Crippen LogP contribution in [0.1, 0.15) is 50.7 Å². The molecule has 1 fully saturated rings. The predicted octanol–water partition coefficient (Wildman–Crippen LogP) is 7.30. The molecule has 0 saturated heterocycles. The van der Waals surface area contributed by atoms with E-state index >= 15 is 0 Å². The Morgan fingerprint density at radius 1 is 1.29 bits per heavy atom. The summed E-state index contributed by atoms with van der Waals surface area (Å²) in [5, 5.41) is 3.50. The first kappa shape index (κ1) is 17.9. The molecule has 1 aromatic heterocycles. The number of nitrogens with zero attached hydrogens (tertiary/aromatic N) is 1. The molecule has 1 aromatic rings. The third kappa shape index (κ3) is 2.86. The number of allylic oxidation sites excluding steroid dienone is 13. The lowest BCUT2D eigenvalue weighted by Gasteiger charge is -2.18. The molecular weight excluding hydrogens is 358 g/mol. The third-order valence-electron chi connectivity index (χ3n) is 6.56. The maximum atomic E-state index is 5.16. The minimum absolute atomic E-state index is 0.344. The zero-order valence-electron chi connectivity index (χ0n) is 17.0. The number of hydrogen-bond acceptors (Lipinski definition) is 2. The van der Waals surface area contributed by atoms with Crippen LogP contribution in [0.2, 0.25) is 0 Å². The first-order valence-electron chi connectivity index (χ1n) is 10.4. The summed E-state index contributed by atoms with van der Waals surface area (Å²) in [6.07, 6.45) is 17.4. The minimum Gasteiger partial charge on any atom is -0.237 e. The average molecular weight is 386 g/mol. The third-order valence-corrected chi connectivity index (χ3v) is 7.45. The molecule has 3 atom stereocenters. The van der Waals surface area contributed by atoms with Gasteiger partial charge >= 0.3 is 0 Å². The van der Waals surface area contributed by atoms with Gasteiger partial charge in [0.25, 0.3) is 0 Å². The fraction of sp³-hybridized carbons (Fsp3) is 0.346.